The van der Waals surface area contributed by atoms with Crippen molar-refractivity contribution in [2.75, 3.05) is 18.1 Å². The summed E-state index contributed by atoms with van der Waals surface area (Å²) in [7, 11) is 0. The largest absolute Gasteiger partial charge is 0.430 e. The number of allylic oxidation sites excluding steroid dienone is 1. The molecule has 1 heterocycles. The minimum Gasteiger partial charge on any atom is -0.395 e. The summed E-state index contributed by atoms with van der Waals surface area (Å²) >= 11 is 14.2. The molecule has 1 fully saturated rings. The van der Waals surface area contributed by atoms with Crippen LogP contribution >= 0.6 is 35.0 Å². The molecule has 0 saturated carbocycles. The van der Waals surface area contributed by atoms with Crippen LogP contribution in [0.4, 0.5) is 13.2 Å². The maximum atomic E-state index is 12.7. The lowest BCUT2D eigenvalue weighted by Crippen LogP contribution is -2.37. The standard InChI is InChI=1S/C18H20Cl2F3N3OS/c19-13-2-1-3-14(20)12(13)9-26(6-4-11-5-7-28-10-11)17(27)15(24)8-16(25)18(21,22)23/h1-3,8,11,24H,4-7,9-10,25H2. The summed E-state index contributed by atoms with van der Waals surface area (Å²) in [5.74, 6) is 1.60. The molecule has 1 atom stereocenters. The second-order valence-electron chi connectivity index (χ2n) is 6.46. The van der Waals surface area contributed by atoms with E-state index in [1.165, 1.54) is 4.90 Å². The van der Waals surface area contributed by atoms with E-state index in [4.69, 9.17) is 34.3 Å². The summed E-state index contributed by atoms with van der Waals surface area (Å²) in [5, 5.41) is 8.47. The zero-order valence-corrected chi connectivity index (χ0v) is 17.2. The third kappa shape index (κ3) is 6.32. The molecule has 1 aliphatic rings. The van der Waals surface area contributed by atoms with Crippen LogP contribution in [-0.4, -0.2) is 40.7 Å². The van der Waals surface area contributed by atoms with Crippen LogP contribution in [0.15, 0.2) is 30.0 Å². The van der Waals surface area contributed by atoms with E-state index in [0.717, 1.165) is 17.9 Å². The van der Waals surface area contributed by atoms with Crippen LogP contribution in [0.3, 0.4) is 0 Å². The Bertz CT molecular complexity index is 745. The molecule has 1 aromatic rings. The van der Waals surface area contributed by atoms with Crippen molar-refractivity contribution >= 4 is 46.6 Å². The van der Waals surface area contributed by atoms with Gasteiger partial charge in [0.25, 0.3) is 5.91 Å². The van der Waals surface area contributed by atoms with Crippen LogP contribution in [-0.2, 0) is 11.3 Å². The van der Waals surface area contributed by atoms with Crippen molar-refractivity contribution in [1.29, 1.82) is 5.41 Å². The summed E-state index contributed by atoms with van der Waals surface area (Å²) in [6.45, 7) is 0.285. The Hall–Kier alpha value is -1.38. The van der Waals surface area contributed by atoms with Gasteiger partial charge in [0, 0.05) is 28.7 Å². The molecule has 3 N–H and O–H groups in total. The van der Waals surface area contributed by atoms with Gasteiger partial charge in [-0.15, -0.1) is 0 Å². The Morgan fingerprint density at radius 1 is 1.36 bits per heavy atom. The zero-order chi connectivity index (χ0) is 20.9. The molecule has 2 rings (SSSR count). The molecule has 28 heavy (non-hydrogen) atoms. The fourth-order valence-electron chi connectivity index (χ4n) is 2.75. The summed E-state index contributed by atoms with van der Waals surface area (Å²) in [4.78, 5) is 14.0. The molecule has 0 aromatic heterocycles. The van der Waals surface area contributed by atoms with Gasteiger partial charge in [0.1, 0.15) is 11.4 Å². The first-order chi connectivity index (χ1) is 13.1. The monoisotopic (exact) mass is 453 g/mol. The lowest BCUT2D eigenvalue weighted by molar-refractivity contribution is -0.124. The molecular weight excluding hydrogens is 434 g/mol. The van der Waals surface area contributed by atoms with Crippen molar-refractivity contribution < 1.29 is 18.0 Å². The lowest BCUT2D eigenvalue weighted by Gasteiger charge is -2.25. The Morgan fingerprint density at radius 2 is 2.00 bits per heavy atom. The maximum absolute atomic E-state index is 12.7. The smallest absolute Gasteiger partial charge is 0.395 e. The average molecular weight is 454 g/mol. The molecule has 154 valence electrons. The summed E-state index contributed by atoms with van der Waals surface area (Å²) in [6, 6.07) is 4.89. The molecule has 1 amide bonds. The molecule has 4 nitrogen and oxygen atoms in total. The SMILES string of the molecule is N=C(C=C(N)C(F)(F)F)C(=O)N(CCC1CCSC1)Cc1c(Cl)cccc1Cl. The first-order valence-electron chi connectivity index (χ1n) is 8.52. The van der Waals surface area contributed by atoms with E-state index in [1.54, 1.807) is 18.2 Å². The van der Waals surface area contributed by atoms with Gasteiger partial charge in [-0.3, -0.25) is 10.2 Å². The second kappa shape index (κ2) is 9.89. The van der Waals surface area contributed by atoms with Crippen molar-refractivity contribution in [3.63, 3.8) is 0 Å². The number of carbonyl (C=O) groups is 1. The van der Waals surface area contributed by atoms with Crippen LogP contribution < -0.4 is 5.73 Å². The predicted molar refractivity (Wildman–Crippen MR) is 108 cm³/mol. The van der Waals surface area contributed by atoms with Gasteiger partial charge in [0.15, 0.2) is 0 Å². The fourth-order valence-corrected chi connectivity index (χ4v) is 4.60. The highest BCUT2D eigenvalue weighted by Crippen LogP contribution is 2.29. The Balaban J connectivity index is 2.21. The van der Waals surface area contributed by atoms with Gasteiger partial charge < -0.3 is 10.6 Å². The van der Waals surface area contributed by atoms with Crippen LogP contribution in [0, 0.1) is 11.3 Å². The van der Waals surface area contributed by atoms with Crippen molar-refractivity contribution in [2.45, 2.75) is 25.6 Å². The van der Waals surface area contributed by atoms with Crippen molar-refractivity contribution in [2.24, 2.45) is 11.7 Å². The summed E-state index contributed by atoms with van der Waals surface area (Å²) < 4.78 is 37.9. The molecule has 0 spiro atoms. The average Bonchev–Trinajstić information content (AvgIpc) is 3.13. The van der Waals surface area contributed by atoms with Crippen LogP contribution in [0.25, 0.3) is 0 Å². The van der Waals surface area contributed by atoms with Crippen LogP contribution in [0.1, 0.15) is 18.4 Å². The number of carbonyl (C=O) groups excluding carboxylic acids is 1. The minimum absolute atomic E-state index is 0.000649. The van der Waals surface area contributed by atoms with E-state index < -0.39 is 23.5 Å². The van der Waals surface area contributed by atoms with Crippen molar-refractivity contribution in [3.05, 3.63) is 45.6 Å². The van der Waals surface area contributed by atoms with E-state index in [-0.39, 0.29) is 13.1 Å². The number of hydrogen-bond donors (Lipinski definition) is 2. The van der Waals surface area contributed by atoms with E-state index in [2.05, 4.69) is 0 Å². The lowest BCUT2D eigenvalue weighted by atomic mass is 10.0. The molecule has 0 radical (unpaired) electrons. The molecular formula is C18H20Cl2F3N3OS. The number of thioether (sulfide) groups is 1. The Labute approximate surface area is 175 Å². The first kappa shape index (κ1) is 22.9. The van der Waals surface area contributed by atoms with Gasteiger partial charge in [-0.05, 0) is 48.5 Å². The number of halogens is 5. The summed E-state index contributed by atoms with van der Waals surface area (Å²) in [5.41, 5.74) is 3.10. The van der Waals surface area contributed by atoms with Crippen LogP contribution in [0.2, 0.25) is 10.0 Å². The predicted octanol–water partition coefficient (Wildman–Crippen LogP) is 4.89. The maximum Gasteiger partial charge on any atom is 0.430 e. The number of nitrogens with zero attached hydrogens (tertiary/aromatic N) is 1. The van der Waals surface area contributed by atoms with E-state index in [9.17, 15) is 18.0 Å². The molecule has 1 unspecified atom stereocenters. The quantitative estimate of drug-likeness (QED) is 0.577. The van der Waals surface area contributed by atoms with Gasteiger partial charge in [-0.2, -0.15) is 24.9 Å². The molecule has 1 aliphatic heterocycles. The van der Waals surface area contributed by atoms with E-state index in [0.29, 0.717) is 34.0 Å². The van der Waals surface area contributed by atoms with E-state index >= 15 is 0 Å². The minimum atomic E-state index is -4.80. The molecule has 1 aromatic carbocycles. The molecule has 10 heteroatoms. The van der Waals surface area contributed by atoms with Crippen molar-refractivity contribution in [3.8, 4) is 0 Å². The number of benzene rings is 1. The number of alkyl halides is 3. The number of rotatable bonds is 7. The molecule has 1 saturated heterocycles. The number of hydrogen-bond acceptors (Lipinski definition) is 4. The van der Waals surface area contributed by atoms with Gasteiger partial charge >= 0.3 is 6.18 Å². The van der Waals surface area contributed by atoms with Gasteiger partial charge in [0.2, 0.25) is 0 Å². The fraction of sp³-hybridized carbons (Fsp3) is 0.444. The first-order valence-corrected chi connectivity index (χ1v) is 10.4. The van der Waals surface area contributed by atoms with Gasteiger partial charge in [0.05, 0.1) is 0 Å². The van der Waals surface area contributed by atoms with Gasteiger partial charge in [-0.1, -0.05) is 29.3 Å². The highest BCUT2D eigenvalue weighted by atomic mass is 35.5. The highest BCUT2D eigenvalue weighted by molar-refractivity contribution is 7.99. The second-order valence-corrected chi connectivity index (χ2v) is 8.42. The molecule has 0 bridgehead atoms. The number of amides is 1. The normalized spacial score (nSPS) is 17.6. The molecule has 0 aliphatic carbocycles. The Kier molecular flexibility index (Phi) is 8.09. The van der Waals surface area contributed by atoms with Gasteiger partial charge in [-0.25, -0.2) is 0 Å². The van der Waals surface area contributed by atoms with E-state index in [1.807, 2.05) is 11.8 Å². The third-order valence-electron chi connectivity index (χ3n) is 4.39. The topological polar surface area (TPSA) is 70.2 Å². The highest BCUT2D eigenvalue weighted by Gasteiger charge is 2.32. The number of nitrogens with two attached hydrogens (primary N) is 1. The van der Waals surface area contributed by atoms with Crippen molar-refractivity contribution in [1.82, 2.24) is 4.90 Å². The Morgan fingerprint density at radius 3 is 2.54 bits per heavy atom. The zero-order valence-electron chi connectivity index (χ0n) is 14.9. The number of nitrogens with one attached hydrogen (secondary N) is 1. The summed E-state index contributed by atoms with van der Waals surface area (Å²) in [6.07, 6.45) is -2.75. The van der Waals surface area contributed by atoms with Crippen LogP contribution in [0.5, 0.6) is 0 Å². The third-order valence-corrected chi connectivity index (χ3v) is 6.33.